The average Bonchev–Trinajstić information content (AvgIpc) is 2.52. The van der Waals surface area contributed by atoms with E-state index in [1.54, 1.807) is 12.1 Å². The molecule has 0 amide bonds. The fraction of sp³-hybridized carbons (Fsp3) is 0.375. The van der Waals surface area contributed by atoms with E-state index in [-0.39, 0.29) is 12.4 Å². The summed E-state index contributed by atoms with van der Waals surface area (Å²) in [7, 11) is 1.46. The third-order valence-electron chi connectivity index (χ3n) is 1.41. The molecule has 66 valence electrons. The van der Waals surface area contributed by atoms with Crippen LogP contribution in [0.3, 0.4) is 0 Å². The highest BCUT2D eigenvalue weighted by Crippen LogP contribution is 2.07. The topological polar surface area (TPSA) is 65.5 Å². The van der Waals surface area contributed by atoms with E-state index in [9.17, 15) is 4.79 Å². The highest BCUT2D eigenvalue weighted by atomic mass is 16.5. The molecule has 2 N–H and O–H groups in total. The van der Waals surface area contributed by atoms with Crippen molar-refractivity contribution in [3.8, 4) is 0 Å². The van der Waals surface area contributed by atoms with Gasteiger partial charge in [0.25, 0.3) is 0 Å². The minimum absolute atomic E-state index is 0.0392. The molecule has 4 heteroatoms. The molecule has 4 nitrogen and oxygen atoms in total. The van der Waals surface area contributed by atoms with Crippen molar-refractivity contribution in [3.05, 3.63) is 23.7 Å². The van der Waals surface area contributed by atoms with Crippen molar-refractivity contribution in [2.24, 2.45) is 5.73 Å². The Morgan fingerprint density at radius 2 is 2.42 bits per heavy atom. The number of carbonyl (C=O) groups excluding carboxylic acids is 1. The van der Waals surface area contributed by atoms with Crippen molar-refractivity contribution in [1.82, 2.24) is 0 Å². The van der Waals surface area contributed by atoms with Crippen LogP contribution in [0.5, 0.6) is 0 Å². The summed E-state index contributed by atoms with van der Waals surface area (Å²) in [5, 5.41) is 0. The van der Waals surface area contributed by atoms with Gasteiger partial charge >= 0.3 is 0 Å². The van der Waals surface area contributed by atoms with Gasteiger partial charge in [0.2, 0.25) is 5.78 Å². The van der Waals surface area contributed by atoms with Gasteiger partial charge in [0.1, 0.15) is 12.4 Å². The summed E-state index contributed by atoms with van der Waals surface area (Å²) in [6, 6.07) is 3.28. The largest absolute Gasteiger partial charge is 0.457 e. The molecule has 0 aliphatic heterocycles. The van der Waals surface area contributed by atoms with E-state index in [0.717, 1.165) is 0 Å². The minimum atomic E-state index is -0.169. The normalized spacial score (nSPS) is 10.2. The number of rotatable bonds is 4. The lowest BCUT2D eigenvalue weighted by molar-refractivity contribution is 0.0818. The van der Waals surface area contributed by atoms with Crippen LogP contribution in [0, 0.1) is 0 Å². The number of furan rings is 1. The molecule has 1 rings (SSSR count). The zero-order valence-corrected chi connectivity index (χ0v) is 6.87. The van der Waals surface area contributed by atoms with E-state index in [1.807, 2.05) is 0 Å². The van der Waals surface area contributed by atoms with Gasteiger partial charge in [-0.25, -0.2) is 0 Å². The van der Waals surface area contributed by atoms with Crippen molar-refractivity contribution >= 4 is 5.78 Å². The molecule has 0 saturated heterocycles. The third kappa shape index (κ3) is 1.93. The Bertz CT molecular complexity index is 267. The summed E-state index contributed by atoms with van der Waals surface area (Å²) >= 11 is 0. The molecule has 1 aromatic heterocycles. The fourth-order valence-electron chi connectivity index (χ4n) is 0.840. The van der Waals surface area contributed by atoms with E-state index in [4.69, 9.17) is 10.2 Å². The highest BCUT2D eigenvalue weighted by Gasteiger charge is 2.09. The monoisotopic (exact) mass is 169 g/mol. The molecule has 0 bridgehead atoms. The first kappa shape index (κ1) is 8.96. The van der Waals surface area contributed by atoms with E-state index >= 15 is 0 Å². The van der Waals surface area contributed by atoms with Crippen LogP contribution in [0.15, 0.2) is 16.5 Å². The molecule has 0 saturated carbocycles. The zero-order chi connectivity index (χ0) is 8.97. The number of Topliss-reactive ketones (excluding diaryl/α,β-unsaturated/α-hetero) is 1. The van der Waals surface area contributed by atoms with Gasteiger partial charge in [-0.1, -0.05) is 0 Å². The van der Waals surface area contributed by atoms with E-state index < -0.39 is 0 Å². The second-order valence-electron chi connectivity index (χ2n) is 2.33. The van der Waals surface area contributed by atoms with E-state index in [2.05, 4.69) is 4.74 Å². The summed E-state index contributed by atoms with van der Waals surface area (Å²) in [5.41, 5.74) is 5.30. The Morgan fingerprint density at radius 1 is 1.67 bits per heavy atom. The van der Waals surface area contributed by atoms with E-state index in [0.29, 0.717) is 18.1 Å². The maximum Gasteiger partial charge on any atom is 0.223 e. The van der Waals surface area contributed by atoms with Gasteiger partial charge in [0, 0.05) is 7.11 Å². The standard InChI is InChI=1S/C8H11NO3/c1-11-5-7(10)8-3-2-6(4-9)12-8/h2-3H,4-5,9H2,1H3. The van der Waals surface area contributed by atoms with Crippen LogP contribution in [0.2, 0.25) is 0 Å². The lowest BCUT2D eigenvalue weighted by Crippen LogP contribution is -2.05. The maximum absolute atomic E-state index is 11.1. The number of methoxy groups -OCH3 is 1. The zero-order valence-electron chi connectivity index (χ0n) is 6.87. The Balaban J connectivity index is 2.68. The van der Waals surface area contributed by atoms with Crippen LogP contribution in [0.1, 0.15) is 16.3 Å². The van der Waals surface area contributed by atoms with Crippen LogP contribution in [-0.2, 0) is 11.3 Å². The first-order valence-corrected chi connectivity index (χ1v) is 3.59. The number of hydrogen-bond acceptors (Lipinski definition) is 4. The van der Waals surface area contributed by atoms with Gasteiger partial charge in [0.05, 0.1) is 6.54 Å². The molecule has 0 fully saturated rings. The summed E-state index contributed by atoms with van der Waals surface area (Å²) in [6.07, 6.45) is 0. The number of ketones is 1. The second-order valence-corrected chi connectivity index (χ2v) is 2.33. The SMILES string of the molecule is COCC(=O)c1ccc(CN)o1. The molecule has 0 spiro atoms. The second kappa shape index (κ2) is 4.04. The number of ether oxygens (including phenoxy) is 1. The predicted molar refractivity (Wildman–Crippen MR) is 42.8 cm³/mol. The van der Waals surface area contributed by atoms with Gasteiger partial charge in [-0.15, -0.1) is 0 Å². The van der Waals surface area contributed by atoms with Gasteiger partial charge in [-0.3, -0.25) is 4.79 Å². The molecule has 0 aliphatic carbocycles. The third-order valence-corrected chi connectivity index (χ3v) is 1.41. The quantitative estimate of drug-likeness (QED) is 0.669. The van der Waals surface area contributed by atoms with Crippen LogP contribution < -0.4 is 5.73 Å². The molecule has 0 unspecified atom stereocenters. The fourth-order valence-corrected chi connectivity index (χ4v) is 0.840. The smallest absolute Gasteiger partial charge is 0.223 e. The van der Waals surface area contributed by atoms with Gasteiger partial charge in [0.15, 0.2) is 5.76 Å². The highest BCUT2D eigenvalue weighted by molar-refractivity contribution is 5.94. The van der Waals surface area contributed by atoms with Crippen molar-refractivity contribution in [2.45, 2.75) is 6.54 Å². The van der Waals surface area contributed by atoms with Gasteiger partial charge < -0.3 is 14.9 Å². The van der Waals surface area contributed by atoms with E-state index in [1.165, 1.54) is 7.11 Å². The predicted octanol–water partition coefficient (Wildman–Crippen LogP) is 0.567. The van der Waals surface area contributed by atoms with Crippen LogP contribution in [-0.4, -0.2) is 19.5 Å². The molecule has 0 aliphatic rings. The molecule has 1 heterocycles. The summed E-state index contributed by atoms with van der Waals surface area (Å²) in [6.45, 7) is 0.345. The lowest BCUT2D eigenvalue weighted by atomic mass is 10.3. The summed E-state index contributed by atoms with van der Waals surface area (Å²) in [5.74, 6) is 0.740. The molecule has 12 heavy (non-hydrogen) atoms. The van der Waals surface area contributed by atoms with Crippen molar-refractivity contribution in [1.29, 1.82) is 0 Å². The van der Waals surface area contributed by atoms with Crippen LogP contribution >= 0.6 is 0 Å². The van der Waals surface area contributed by atoms with Crippen molar-refractivity contribution in [2.75, 3.05) is 13.7 Å². The van der Waals surface area contributed by atoms with Gasteiger partial charge in [-0.05, 0) is 12.1 Å². The number of hydrogen-bond donors (Lipinski definition) is 1. The Hall–Kier alpha value is -1.13. The minimum Gasteiger partial charge on any atom is -0.457 e. The Morgan fingerprint density at radius 3 is 2.92 bits per heavy atom. The van der Waals surface area contributed by atoms with Crippen molar-refractivity contribution < 1.29 is 13.9 Å². The molecule has 0 aromatic carbocycles. The number of nitrogens with two attached hydrogens (primary N) is 1. The molecule has 0 radical (unpaired) electrons. The molecular formula is C8H11NO3. The molecule has 0 atom stereocenters. The molecular weight excluding hydrogens is 158 g/mol. The molecule has 1 aromatic rings. The lowest BCUT2D eigenvalue weighted by Gasteiger charge is -1.93. The average molecular weight is 169 g/mol. The summed E-state index contributed by atoms with van der Waals surface area (Å²) in [4.78, 5) is 11.1. The Kier molecular flexibility index (Phi) is 3.01. The summed E-state index contributed by atoms with van der Waals surface area (Å²) < 4.78 is 9.75. The first-order chi connectivity index (χ1) is 5.77. The van der Waals surface area contributed by atoms with Crippen LogP contribution in [0.25, 0.3) is 0 Å². The van der Waals surface area contributed by atoms with Crippen molar-refractivity contribution in [3.63, 3.8) is 0 Å². The van der Waals surface area contributed by atoms with Crippen LogP contribution in [0.4, 0.5) is 0 Å². The van der Waals surface area contributed by atoms with Gasteiger partial charge in [-0.2, -0.15) is 0 Å². The maximum atomic E-state index is 11.1. The Labute approximate surface area is 70.3 Å². The number of carbonyl (C=O) groups is 1. The first-order valence-electron chi connectivity index (χ1n) is 3.59.